The molecule has 0 aromatic rings. The first-order chi connectivity index (χ1) is 7.50. The molecule has 1 amide bonds. The van der Waals surface area contributed by atoms with Gasteiger partial charge in [0.15, 0.2) is 6.10 Å². The Morgan fingerprint density at radius 2 is 1.65 bits per heavy atom. The third kappa shape index (κ3) is 4.13. The quantitative estimate of drug-likeness (QED) is 0.617. The molecule has 0 aromatic heterocycles. The molecule has 1 atom stereocenters. The van der Waals surface area contributed by atoms with Crippen molar-refractivity contribution in [3.63, 3.8) is 0 Å². The molecular formula is C7H8F5NO4. The van der Waals surface area contributed by atoms with Crippen LogP contribution in [0.25, 0.3) is 0 Å². The Morgan fingerprint density at radius 3 is 2.00 bits per heavy atom. The second-order valence-electron chi connectivity index (χ2n) is 2.97. The van der Waals surface area contributed by atoms with Gasteiger partial charge in [0, 0.05) is 13.0 Å². The number of halogens is 5. The number of aliphatic hydroxyl groups is 1. The SMILES string of the molecule is O=C(O)C(O)CCNC(=O)C(F)(F)C(F)(F)F. The third-order valence-corrected chi connectivity index (χ3v) is 1.63. The number of carbonyl (C=O) groups is 2. The molecule has 0 aromatic carbocycles. The number of hydrogen-bond donors (Lipinski definition) is 3. The van der Waals surface area contributed by atoms with Crippen LogP contribution >= 0.6 is 0 Å². The van der Waals surface area contributed by atoms with Crippen LogP contribution < -0.4 is 5.32 Å². The summed E-state index contributed by atoms with van der Waals surface area (Å²) in [4.78, 5) is 20.5. The predicted octanol–water partition coefficient (Wildman–Crippen LogP) is 0.136. The average molecular weight is 265 g/mol. The monoisotopic (exact) mass is 265 g/mol. The first kappa shape index (κ1) is 15.5. The summed E-state index contributed by atoms with van der Waals surface area (Å²) in [5.41, 5.74) is 0. The molecule has 0 saturated carbocycles. The lowest BCUT2D eigenvalue weighted by atomic mass is 10.2. The maximum atomic E-state index is 12.3. The standard InChI is InChI=1S/C7H8F5NO4/c8-6(9,7(10,11)12)5(17)13-2-1-3(14)4(15)16/h3,14H,1-2H2,(H,13,17)(H,15,16). The van der Waals surface area contributed by atoms with E-state index in [9.17, 15) is 31.5 Å². The number of amides is 1. The van der Waals surface area contributed by atoms with Crippen LogP contribution in [0.5, 0.6) is 0 Å². The predicted molar refractivity (Wildman–Crippen MR) is 42.3 cm³/mol. The minimum atomic E-state index is -6.03. The van der Waals surface area contributed by atoms with E-state index in [2.05, 4.69) is 0 Å². The maximum Gasteiger partial charge on any atom is 0.463 e. The minimum absolute atomic E-state index is 0.686. The molecule has 0 rings (SSSR count). The lowest BCUT2D eigenvalue weighted by Gasteiger charge is -2.18. The van der Waals surface area contributed by atoms with Gasteiger partial charge in [0.1, 0.15) is 0 Å². The van der Waals surface area contributed by atoms with Crippen molar-refractivity contribution < 1.29 is 41.8 Å². The molecule has 0 aliphatic heterocycles. The lowest BCUT2D eigenvalue weighted by molar-refractivity contribution is -0.269. The number of alkyl halides is 5. The van der Waals surface area contributed by atoms with E-state index in [0.717, 1.165) is 0 Å². The summed E-state index contributed by atoms with van der Waals surface area (Å²) in [6.45, 7) is -0.821. The van der Waals surface area contributed by atoms with Gasteiger partial charge in [0.2, 0.25) is 0 Å². The number of carboxylic acids is 1. The number of carbonyl (C=O) groups excluding carboxylic acids is 1. The average Bonchev–Trinajstić information content (AvgIpc) is 2.15. The molecule has 0 aliphatic carbocycles. The van der Waals surface area contributed by atoms with Crippen molar-refractivity contribution in [3.05, 3.63) is 0 Å². The van der Waals surface area contributed by atoms with Crippen molar-refractivity contribution in [3.8, 4) is 0 Å². The molecule has 0 bridgehead atoms. The van der Waals surface area contributed by atoms with E-state index in [1.807, 2.05) is 0 Å². The second-order valence-corrected chi connectivity index (χ2v) is 2.97. The number of rotatable bonds is 5. The summed E-state index contributed by atoms with van der Waals surface area (Å²) in [5, 5.41) is 18.0. The highest BCUT2D eigenvalue weighted by molar-refractivity contribution is 5.84. The van der Waals surface area contributed by atoms with Gasteiger partial charge in [0.25, 0.3) is 5.91 Å². The zero-order chi connectivity index (χ0) is 13.9. The van der Waals surface area contributed by atoms with E-state index >= 15 is 0 Å². The molecule has 0 radical (unpaired) electrons. The van der Waals surface area contributed by atoms with Gasteiger partial charge in [-0.15, -0.1) is 0 Å². The number of nitrogens with one attached hydrogen (secondary N) is 1. The van der Waals surface area contributed by atoms with Gasteiger partial charge in [-0.05, 0) is 0 Å². The summed E-state index contributed by atoms with van der Waals surface area (Å²) < 4.78 is 59.5. The highest BCUT2D eigenvalue weighted by Crippen LogP contribution is 2.35. The Labute approximate surface area is 91.2 Å². The summed E-state index contributed by atoms with van der Waals surface area (Å²) in [6.07, 6.45) is -8.66. The molecule has 5 nitrogen and oxygen atoms in total. The van der Waals surface area contributed by atoms with Crippen LogP contribution in [-0.2, 0) is 9.59 Å². The van der Waals surface area contributed by atoms with Gasteiger partial charge >= 0.3 is 18.1 Å². The van der Waals surface area contributed by atoms with Crippen LogP contribution in [0.4, 0.5) is 22.0 Å². The van der Waals surface area contributed by atoms with Crippen LogP contribution in [0, 0.1) is 0 Å². The molecule has 0 saturated heterocycles. The Hall–Kier alpha value is -1.45. The molecule has 1 unspecified atom stereocenters. The highest BCUT2D eigenvalue weighted by Gasteiger charge is 2.63. The van der Waals surface area contributed by atoms with Gasteiger partial charge in [-0.1, -0.05) is 0 Å². The summed E-state index contributed by atoms with van der Waals surface area (Å²) >= 11 is 0. The van der Waals surface area contributed by atoms with Crippen molar-refractivity contribution in [2.45, 2.75) is 24.6 Å². The fourth-order valence-corrected chi connectivity index (χ4v) is 0.686. The molecule has 0 heterocycles. The Morgan fingerprint density at radius 1 is 1.18 bits per heavy atom. The Balaban J connectivity index is 4.25. The van der Waals surface area contributed by atoms with Crippen molar-refractivity contribution in [2.75, 3.05) is 6.54 Å². The topological polar surface area (TPSA) is 86.6 Å². The molecule has 0 fully saturated rings. The molecule has 3 N–H and O–H groups in total. The van der Waals surface area contributed by atoms with Crippen molar-refractivity contribution in [2.24, 2.45) is 0 Å². The van der Waals surface area contributed by atoms with Gasteiger partial charge < -0.3 is 15.5 Å². The van der Waals surface area contributed by atoms with E-state index in [1.54, 1.807) is 0 Å². The van der Waals surface area contributed by atoms with Crippen molar-refractivity contribution in [1.29, 1.82) is 0 Å². The summed E-state index contributed by atoms with van der Waals surface area (Å²) in [6, 6.07) is 0. The third-order valence-electron chi connectivity index (χ3n) is 1.63. The van der Waals surface area contributed by atoms with E-state index < -0.39 is 43.0 Å². The Kier molecular flexibility index (Phi) is 4.81. The van der Waals surface area contributed by atoms with E-state index in [4.69, 9.17) is 10.2 Å². The van der Waals surface area contributed by atoms with Gasteiger partial charge in [0.05, 0.1) is 0 Å². The normalized spacial score (nSPS) is 14.2. The number of aliphatic hydroxyl groups excluding tert-OH is 1. The van der Waals surface area contributed by atoms with Crippen LogP contribution in [-0.4, -0.2) is 46.8 Å². The van der Waals surface area contributed by atoms with Crippen LogP contribution in [0.3, 0.4) is 0 Å². The zero-order valence-electron chi connectivity index (χ0n) is 8.09. The molecule has 10 heteroatoms. The maximum absolute atomic E-state index is 12.3. The minimum Gasteiger partial charge on any atom is -0.479 e. The lowest BCUT2D eigenvalue weighted by Crippen LogP contribution is -2.50. The van der Waals surface area contributed by atoms with Crippen LogP contribution in [0.2, 0.25) is 0 Å². The van der Waals surface area contributed by atoms with Gasteiger partial charge in [-0.2, -0.15) is 22.0 Å². The highest BCUT2D eigenvalue weighted by atomic mass is 19.4. The van der Waals surface area contributed by atoms with E-state index in [0.29, 0.717) is 0 Å². The van der Waals surface area contributed by atoms with Crippen molar-refractivity contribution in [1.82, 2.24) is 5.32 Å². The molecule has 0 aliphatic rings. The zero-order valence-corrected chi connectivity index (χ0v) is 8.09. The Bertz CT molecular complexity index is 303. The molecule has 17 heavy (non-hydrogen) atoms. The van der Waals surface area contributed by atoms with Crippen molar-refractivity contribution >= 4 is 11.9 Å². The fraction of sp³-hybridized carbons (Fsp3) is 0.714. The number of carboxylic acid groups (broad SMARTS) is 1. The second kappa shape index (κ2) is 5.25. The fourth-order valence-electron chi connectivity index (χ4n) is 0.686. The molecule has 0 spiro atoms. The largest absolute Gasteiger partial charge is 0.479 e. The number of hydrogen-bond acceptors (Lipinski definition) is 3. The van der Waals surface area contributed by atoms with Crippen LogP contribution in [0.15, 0.2) is 0 Å². The summed E-state index contributed by atoms with van der Waals surface area (Å²) in [7, 11) is 0. The van der Waals surface area contributed by atoms with Gasteiger partial charge in [-0.25, -0.2) is 4.79 Å². The van der Waals surface area contributed by atoms with Gasteiger partial charge in [-0.3, -0.25) is 4.79 Å². The molecule has 100 valence electrons. The van der Waals surface area contributed by atoms with Crippen LogP contribution in [0.1, 0.15) is 6.42 Å². The van der Waals surface area contributed by atoms with E-state index in [1.165, 1.54) is 5.32 Å². The number of aliphatic carboxylic acids is 1. The smallest absolute Gasteiger partial charge is 0.463 e. The van der Waals surface area contributed by atoms with E-state index in [-0.39, 0.29) is 0 Å². The first-order valence-corrected chi connectivity index (χ1v) is 4.14. The molecular weight excluding hydrogens is 257 g/mol. The summed E-state index contributed by atoms with van der Waals surface area (Å²) in [5.74, 6) is -9.83. The first-order valence-electron chi connectivity index (χ1n) is 4.14.